The second kappa shape index (κ2) is 16.3. The molecule has 0 N–H and O–H groups in total. The average Bonchev–Trinajstić information content (AvgIpc) is 3.17. The predicted octanol–water partition coefficient (Wildman–Crippen LogP) is 4.41. The summed E-state index contributed by atoms with van der Waals surface area (Å²) in [5.41, 5.74) is 0. The summed E-state index contributed by atoms with van der Waals surface area (Å²) in [4.78, 5) is 1.56. The molecule has 6 heteroatoms. The van der Waals surface area contributed by atoms with Crippen molar-refractivity contribution in [3.63, 3.8) is 0 Å². The highest BCUT2D eigenvalue weighted by molar-refractivity contribution is 4.79. The topological polar surface area (TPSA) is 61.4 Å². The quantitative estimate of drug-likeness (QED) is 0.824. The third kappa shape index (κ3) is 11.8. The Hall–Kier alpha value is -1.72. The minimum Gasteiger partial charge on any atom is -0.270 e. The fraction of sp³-hybridized carbons (Fsp3) is 0.733. The molecular formula is C15H34N6. The molecule has 0 unspecified atom stereocenters. The molecule has 0 saturated heterocycles. The first-order valence-corrected chi connectivity index (χ1v) is 7.33. The van der Waals surface area contributed by atoms with Gasteiger partial charge in [0.1, 0.15) is 0 Å². The van der Waals surface area contributed by atoms with E-state index in [4.69, 9.17) is 0 Å². The Kier molecular flexibility index (Phi) is 18.9. The first-order chi connectivity index (χ1) is 9.61. The van der Waals surface area contributed by atoms with Gasteiger partial charge in [-0.15, -0.1) is 10.2 Å². The second-order valence-electron chi connectivity index (χ2n) is 3.93. The molecule has 0 aliphatic rings. The molecule has 0 radical (unpaired) electrons. The van der Waals surface area contributed by atoms with Crippen molar-refractivity contribution >= 4 is 0 Å². The maximum Gasteiger partial charge on any atom is 0.162 e. The van der Waals surface area contributed by atoms with Crippen molar-refractivity contribution in [3.8, 4) is 0 Å². The van der Waals surface area contributed by atoms with Gasteiger partial charge in [0, 0.05) is 18.4 Å². The molecule has 0 saturated carbocycles. The van der Waals surface area contributed by atoms with Gasteiger partial charge in [-0.2, -0.15) is 9.90 Å². The van der Waals surface area contributed by atoms with Gasteiger partial charge in [0.15, 0.2) is 6.33 Å². The van der Waals surface area contributed by atoms with Crippen LogP contribution in [0.5, 0.6) is 0 Å². The molecule has 0 atom stereocenters. The summed E-state index contributed by atoms with van der Waals surface area (Å²) >= 11 is 0. The van der Waals surface area contributed by atoms with Crippen LogP contribution in [0, 0.1) is 0 Å². The number of aromatic nitrogens is 6. The van der Waals surface area contributed by atoms with E-state index in [2.05, 4.69) is 34.4 Å². The minimum absolute atomic E-state index is 0. The van der Waals surface area contributed by atoms with Crippen molar-refractivity contribution in [1.82, 2.24) is 30.0 Å². The Morgan fingerprint density at radius 3 is 1.62 bits per heavy atom. The fourth-order valence-electron chi connectivity index (χ4n) is 0.998. The number of rotatable bonds is 2. The molecule has 6 nitrogen and oxygen atoms in total. The largest absolute Gasteiger partial charge is 0.270 e. The van der Waals surface area contributed by atoms with E-state index in [1.54, 1.807) is 11.0 Å². The lowest BCUT2D eigenvalue weighted by molar-refractivity contribution is 0.455. The van der Waals surface area contributed by atoms with Crippen molar-refractivity contribution < 1.29 is 0 Å². The Labute approximate surface area is 130 Å². The van der Waals surface area contributed by atoms with Gasteiger partial charge in [-0.1, -0.05) is 35.1 Å². The van der Waals surface area contributed by atoms with Gasteiger partial charge in [0.2, 0.25) is 0 Å². The van der Waals surface area contributed by atoms with Crippen LogP contribution in [0.15, 0.2) is 24.8 Å². The average molecular weight is 298 g/mol. The zero-order chi connectivity index (χ0) is 16.0. The standard InChI is InChI=1S/C6H10N2.C4H8N4.2C2H6.CH4/c1-6(2)8-5-3-4-7-8;1-4(2)8-6-3-5-7-8;2*1-2;/h3-6H,1-2H3;3-4H,1-2H3;2*1-2H3;1H4. The van der Waals surface area contributed by atoms with Gasteiger partial charge in [-0.05, 0) is 39.0 Å². The van der Waals surface area contributed by atoms with E-state index in [0.717, 1.165) is 0 Å². The lowest BCUT2D eigenvalue weighted by atomic mass is 10.4. The summed E-state index contributed by atoms with van der Waals surface area (Å²) < 4.78 is 1.92. The van der Waals surface area contributed by atoms with Crippen LogP contribution in [0.3, 0.4) is 0 Å². The fourth-order valence-corrected chi connectivity index (χ4v) is 0.998. The van der Waals surface area contributed by atoms with E-state index < -0.39 is 0 Å². The Balaban J connectivity index is -0.000000240. The second-order valence-corrected chi connectivity index (χ2v) is 3.93. The molecule has 2 aromatic heterocycles. The molecule has 0 amide bonds. The molecule has 21 heavy (non-hydrogen) atoms. The van der Waals surface area contributed by atoms with Crippen LogP contribution in [0.4, 0.5) is 0 Å². The van der Waals surface area contributed by atoms with Crippen molar-refractivity contribution in [2.45, 2.75) is 74.9 Å². The lowest BCUT2D eigenvalue weighted by Crippen LogP contribution is -2.04. The Bertz CT molecular complexity index is 327. The molecule has 2 aromatic rings. The van der Waals surface area contributed by atoms with Gasteiger partial charge in [-0.25, -0.2) is 0 Å². The molecule has 0 fully saturated rings. The monoisotopic (exact) mass is 298 g/mol. The maximum atomic E-state index is 4.03. The highest BCUT2D eigenvalue weighted by Gasteiger charge is 1.94. The zero-order valence-electron chi connectivity index (χ0n) is 14.1. The van der Waals surface area contributed by atoms with Gasteiger partial charge in [0.05, 0.1) is 6.04 Å². The van der Waals surface area contributed by atoms with Crippen LogP contribution in [0.2, 0.25) is 0 Å². The van der Waals surface area contributed by atoms with Crippen molar-refractivity contribution in [3.05, 3.63) is 24.8 Å². The van der Waals surface area contributed by atoms with Gasteiger partial charge in [-0.3, -0.25) is 4.68 Å². The number of hydrogen-bond acceptors (Lipinski definition) is 4. The van der Waals surface area contributed by atoms with Gasteiger partial charge < -0.3 is 0 Å². The SMILES string of the molecule is C.CC.CC.CC(C)n1cccn1.CC(C)n1ncnn1. The minimum atomic E-state index is 0. The van der Waals surface area contributed by atoms with Crippen LogP contribution < -0.4 is 0 Å². The van der Waals surface area contributed by atoms with E-state index in [9.17, 15) is 0 Å². The molecular weight excluding hydrogens is 264 g/mol. The molecule has 0 spiro atoms. The third-order valence-corrected chi connectivity index (χ3v) is 1.88. The summed E-state index contributed by atoms with van der Waals surface area (Å²) in [6.07, 6.45) is 5.19. The molecule has 124 valence electrons. The number of hydrogen-bond donors (Lipinski definition) is 0. The highest BCUT2D eigenvalue weighted by Crippen LogP contribution is 1.98. The molecule has 2 heterocycles. The zero-order valence-corrected chi connectivity index (χ0v) is 14.1. The Morgan fingerprint density at radius 1 is 0.857 bits per heavy atom. The van der Waals surface area contributed by atoms with E-state index in [1.165, 1.54) is 6.33 Å². The normalized spacial score (nSPS) is 8.48. The molecule has 0 bridgehead atoms. The summed E-state index contributed by atoms with van der Waals surface area (Å²) in [6, 6.07) is 2.74. The van der Waals surface area contributed by atoms with Crippen molar-refractivity contribution in [1.29, 1.82) is 0 Å². The smallest absolute Gasteiger partial charge is 0.162 e. The van der Waals surface area contributed by atoms with Gasteiger partial charge in [0.25, 0.3) is 0 Å². The van der Waals surface area contributed by atoms with Crippen LogP contribution in [0.1, 0.15) is 74.9 Å². The number of nitrogens with zero attached hydrogens (tertiary/aromatic N) is 6. The van der Waals surface area contributed by atoms with Gasteiger partial charge >= 0.3 is 0 Å². The van der Waals surface area contributed by atoms with E-state index >= 15 is 0 Å². The molecule has 0 aliphatic heterocycles. The first-order valence-electron chi connectivity index (χ1n) is 7.33. The molecule has 0 aromatic carbocycles. The maximum absolute atomic E-state index is 4.03. The van der Waals surface area contributed by atoms with Crippen LogP contribution in [0.25, 0.3) is 0 Å². The molecule has 0 aliphatic carbocycles. The number of tetrazole rings is 1. The first kappa shape index (κ1) is 24.3. The van der Waals surface area contributed by atoms with Crippen LogP contribution in [-0.4, -0.2) is 30.0 Å². The van der Waals surface area contributed by atoms with E-state index in [1.807, 2.05) is 58.5 Å². The van der Waals surface area contributed by atoms with Crippen molar-refractivity contribution in [2.75, 3.05) is 0 Å². The predicted molar refractivity (Wildman–Crippen MR) is 90.2 cm³/mol. The summed E-state index contributed by atoms with van der Waals surface area (Å²) in [5.74, 6) is 0. The summed E-state index contributed by atoms with van der Waals surface area (Å²) in [6.45, 7) is 16.2. The van der Waals surface area contributed by atoms with Crippen LogP contribution in [-0.2, 0) is 0 Å². The molecule has 2 rings (SSSR count). The third-order valence-electron chi connectivity index (χ3n) is 1.88. The summed E-state index contributed by atoms with van der Waals surface area (Å²) in [7, 11) is 0. The van der Waals surface area contributed by atoms with E-state index in [0.29, 0.717) is 12.1 Å². The Morgan fingerprint density at radius 2 is 1.43 bits per heavy atom. The van der Waals surface area contributed by atoms with Crippen LogP contribution >= 0.6 is 0 Å². The lowest BCUT2D eigenvalue weighted by Gasteiger charge is -2.01. The van der Waals surface area contributed by atoms with Crippen molar-refractivity contribution in [2.24, 2.45) is 0 Å². The highest BCUT2D eigenvalue weighted by atomic mass is 15.6. The van der Waals surface area contributed by atoms with E-state index in [-0.39, 0.29) is 7.43 Å². The summed E-state index contributed by atoms with van der Waals surface area (Å²) in [5, 5.41) is 15.1.